The van der Waals surface area contributed by atoms with E-state index in [0.717, 1.165) is 5.56 Å². The lowest BCUT2D eigenvalue weighted by Crippen LogP contribution is -2.26. The average molecular weight is 228 g/mol. The largest absolute Gasteiger partial charge is 0.506 e. The first-order chi connectivity index (χ1) is 6.73. The minimum Gasteiger partial charge on any atom is -0.506 e. The molecule has 1 rings (SSSR count). The second kappa shape index (κ2) is 4.03. The van der Waals surface area contributed by atoms with Gasteiger partial charge in [-0.1, -0.05) is 38.4 Å². The zero-order chi connectivity index (χ0) is 11.8. The number of benzene rings is 1. The molecule has 0 saturated carbocycles. The van der Waals surface area contributed by atoms with E-state index < -0.39 is 0 Å². The summed E-state index contributed by atoms with van der Waals surface area (Å²) in [7, 11) is 0. The number of nitrogens with two attached hydrogens (primary N) is 1. The van der Waals surface area contributed by atoms with Gasteiger partial charge in [-0.05, 0) is 24.0 Å². The number of rotatable bonds is 1. The number of hydrogen-bond donors (Lipinski definition) is 2. The lowest BCUT2D eigenvalue weighted by atomic mass is 9.82. The Hall–Kier alpha value is -0.730. The van der Waals surface area contributed by atoms with Crippen LogP contribution in [-0.4, -0.2) is 5.11 Å². The van der Waals surface area contributed by atoms with E-state index in [1.54, 1.807) is 6.07 Å². The van der Waals surface area contributed by atoms with E-state index in [2.05, 4.69) is 0 Å². The molecule has 0 bridgehead atoms. The maximum Gasteiger partial charge on any atom is 0.138 e. The molecule has 0 aliphatic rings. The van der Waals surface area contributed by atoms with Crippen molar-refractivity contribution >= 4 is 11.6 Å². The molecule has 0 saturated heterocycles. The molecular formula is C12H18ClNO. The first kappa shape index (κ1) is 12.3. The van der Waals surface area contributed by atoms with E-state index >= 15 is 0 Å². The van der Waals surface area contributed by atoms with Crippen LogP contribution in [0.3, 0.4) is 0 Å². The highest BCUT2D eigenvalue weighted by Crippen LogP contribution is 2.39. The van der Waals surface area contributed by atoms with Gasteiger partial charge >= 0.3 is 0 Å². The lowest BCUT2D eigenvalue weighted by Gasteiger charge is -2.28. The third-order valence-electron chi connectivity index (χ3n) is 2.51. The molecule has 3 heteroatoms. The third kappa shape index (κ3) is 2.64. The molecule has 0 fully saturated rings. The molecule has 1 unspecified atom stereocenters. The monoisotopic (exact) mass is 227 g/mol. The Balaban J connectivity index is 3.25. The standard InChI is InChI=1S/C12H18ClNO/c1-7-5-8(10(15)9(13)6-7)11(14)12(2,3)4/h5-6,11,15H,14H2,1-4H3. The second-order valence-corrected chi connectivity index (χ2v) is 5.44. The fraction of sp³-hybridized carbons (Fsp3) is 0.500. The summed E-state index contributed by atoms with van der Waals surface area (Å²) in [5, 5.41) is 10.2. The van der Waals surface area contributed by atoms with Gasteiger partial charge < -0.3 is 10.8 Å². The highest BCUT2D eigenvalue weighted by Gasteiger charge is 2.25. The van der Waals surface area contributed by atoms with Crippen molar-refractivity contribution in [3.8, 4) is 5.75 Å². The number of aromatic hydroxyl groups is 1. The van der Waals surface area contributed by atoms with Gasteiger partial charge in [0.15, 0.2) is 0 Å². The van der Waals surface area contributed by atoms with E-state index in [1.807, 2.05) is 33.8 Å². The number of aryl methyl sites for hydroxylation is 1. The Morgan fingerprint density at radius 3 is 2.33 bits per heavy atom. The van der Waals surface area contributed by atoms with Crippen molar-refractivity contribution in [2.75, 3.05) is 0 Å². The molecule has 3 N–H and O–H groups in total. The molecule has 84 valence electrons. The molecule has 1 aromatic rings. The molecule has 0 aromatic heterocycles. The molecule has 0 spiro atoms. The van der Waals surface area contributed by atoms with Gasteiger partial charge in [-0.15, -0.1) is 0 Å². The molecule has 0 amide bonds. The van der Waals surface area contributed by atoms with Crippen molar-refractivity contribution < 1.29 is 5.11 Å². The van der Waals surface area contributed by atoms with Crippen LogP contribution in [0.2, 0.25) is 5.02 Å². The summed E-state index contributed by atoms with van der Waals surface area (Å²) in [6.07, 6.45) is 0. The number of hydrogen-bond acceptors (Lipinski definition) is 2. The minimum atomic E-state index is -0.227. The van der Waals surface area contributed by atoms with Gasteiger partial charge in [0, 0.05) is 11.6 Å². The molecule has 0 heterocycles. The zero-order valence-corrected chi connectivity index (χ0v) is 10.4. The summed E-state index contributed by atoms with van der Waals surface area (Å²) in [4.78, 5) is 0. The van der Waals surface area contributed by atoms with Crippen LogP contribution in [0, 0.1) is 12.3 Å². The molecule has 0 radical (unpaired) electrons. The van der Waals surface area contributed by atoms with Crippen LogP contribution in [0.15, 0.2) is 12.1 Å². The maximum absolute atomic E-state index is 9.84. The molecule has 0 aliphatic carbocycles. The van der Waals surface area contributed by atoms with Crippen LogP contribution in [0.5, 0.6) is 5.75 Å². The van der Waals surface area contributed by atoms with E-state index in [0.29, 0.717) is 10.6 Å². The van der Waals surface area contributed by atoms with Crippen molar-refractivity contribution in [3.63, 3.8) is 0 Å². The van der Waals surface area contributed by atoms with E-state index in [4.69, 9.17) is 17.3 Å². The maximum atomic E-state index is 9.84. The fourth-order valence-corrected chi connectivity index (χ4v) is 1.75. The molecule has 2 nitrogen and oxygen atoms in total. The quantitative estimate of drug-likeness (QED) is 0.773. The van der Waals surface area contributed by atoms with Crippen LogP contribution in [-0.2, 0) is 0 Å². The topological polar surface area (TPSA) is 46.2 Å². The van der Waals surface area contributed by atoms with Gasteiger partial charge in [0.1, 0.15) is 5.75 Å². The van der Waals surface area contributed by atoms with E-state index in [9.17, 15) is 5.11 Å². The normalized spacial score (nSPS) is 14.0. The summed E-state index contributed by atoms with van der Waals surface area (Å²) in [5.41, 5.74) is 7.71. The third-order valence-corrected chi connectivity index (χ3v) is 2.79. The minimum absolute atomic E-state index is 0.102. The van der Waals surface area contributed by atoms with Gasteiger partial charge in [-0.2, -0.15) is 0 Å². The summed E-state index contributed by atoms with van der Waals surface area (Å²) < 4.78 is 0. The van der Waals surface area contributed by atoms with Crippen molar-refractivity contribution in [2.45, 2.75) is 33.7 Å². The lowest BCUT2D eigenvalue weighted by molar-refractivity contribution is 0.317. The molecule has 15 heavy (non-hydrogen) atoms. The second-order valence-electron chi connectivity index (χ2n) is 5.03. The first-order valence-corrected chi connectivity index (χ1v) is 5.36. The smallest absolute Gasteiger partial charge is 0.138 e. The van der Waals surface area contributed by atoms with Crippen LogP contribution in [0.1, 0.15) is 37.9 Å². The number of phenolic OH excluding ortho intramolecular Hbond substituents is 1. The summed E-state index contributed by atoms with van der Waals surface area (Å²) in [5.74, 6) is 0.102. The van der Waals surface area contributed by atoms with Crippen LogP contribution >= 0.6 is 11.6 Å². The average Bonchev–Trinajstić information content (AvgIpc) is 2.08. The van der Waals surface area contributed by atoms with E-state index in [-0.39, 0.29) is 17.2 Å². The highest BCUT2D eigenvalue weighted by molar-refractivity contribution is 6.32. The Labute approximate surface area is 96.1 Å². The van der Waals surface area contributed by atoms with Gasteiger partial charge in [0.2, 0.25) is 0 Å². The van der Waals surface area contributed by atoms with Crippen molar-refractivity contribution in [2.24, 2.45) is 11.1 Å². The van der Waals surface area contributed by atoms with E-state index in [1.165, 1.54) is 0 Å². The Morgan fingerprint density at radius 2 is 1.87 bits per heavy atom. The molecular weight excluding hydrogens is 210 g/mol. The fourth-order valence-electron chi connectivity index (χ4n) is 1.47. The Kier molecular flexibility index (Phi) is 3.31. The first-order valence-electron chi connectivity index (χ1n) is 4.98. The summed E-state index contributed by atoms with van der Waals surface area (Å²) >= 11 is 5.91. The van der Waals surface area contributed by atoms with Gasteiger partial charge in [0.25, 0.3) is 0 Å². The molecule has 1 atom stereocenters. The van der Waals surface area contributed by atoms with Gasteiger partial charge in [-0.3, -0.25) is 0 Å². The van der Waals surface area contributed by atoms with Crippen LogP contribution in [0.25, 0.3) is 0 Å². The Bertz CT molecular complexity index is 369. The van der Waals surface area contributed by atoms with Crippen molar-refractivity contribution in [1.82, 2.24) is 0 Å². The van der Waals surface area contributed by atoms with Crippen molar-refractivity contribution in [1.29, 1.82) is 0 Å². The van der Waals surface area contributed by atoms with Crippen LogP contribution in [0.4, 0.5) is 0 Å². The highest BCUT2D eigenvalue weighted by atomic mass is 35.5. The number of halogens is 1. The SMILES string of the molecule is Cc1cc(Cl)c(O)c(C(N)C(C)(C)C)c1. The number of phenols is 1. The Morgan fingerprint density at radius 1 is 1.33 bits per heavy atom. The predicted molar refractivity (Wildman–Crippen MR) is 64.2 cm³/mol. The molecule has 0 aliphatic heterocycles. The summed E-state index contributed by atoms with van der Waals surface area (Å²) in [6.45, 7) is 8.04. The molecule has 1 aromatic carbocycles. The van der Waals surface area contributed by atoms with Gasteiger partial charge in [-0.25, -0.2) is 0 Å². The predicted octanol–water partition coefficient (Wildman–Crippen LogP) is 3.40. The van der Waals surface area contributed by atoms with Crippen LogP contribution < -0.4 is 5.73 Å². The van der Waals surface area contributed by atoms with Gasteiger partial charge in [0.05, 0.1) is 5.02 Å². The van der Waals surface area contributed by atoms with Crippen molar-refractivity contribution in [3.05, 3.63) is 28.3 Å². The summed E-state index contributed by atoms with van der Waals surface area (Å²) in [6, 6.07) is 3.39. The zero-order valence-electron chi connectivity index (χ0n) is 9.63.